The average molecular weight is 363 g/mol. The standard InChI is InChI=1S/C14H23BrN2O2S/c1-7-17(20(18)14(3,4)5)10(2)11-8-9-12(19-6)13(15)16-11/h8-10H,7H2,1-6H3/t10-,20-/m1/s1. The Morgan fingerprint density at radius 2 is 2.05 bits per heavy atom. The minimum absolute atomic E-state index is 0.0257. The van der Waals surface area contributed by atoms with Crippen molar-refractivity contribution >= 4 is 27.3 Å². The molecule has 0 saturated heterocycles. The molecule has 0 aliphatic rings. The van der Waals surface area contributed by atoms with Gasteiger partial charge in [0.25, 0.3) is 0 Å². The van der Waals surface area contributed by atoms with Gasteiger partial charge in [0.15, 0.2) is 5.75 Å². The summed E-state index contributed by atoms with van der Waals surface area (Å²) in [5.74, 6) is 0.695. The highest BCUT2D eigenvalue weighted by atomic mass is 79.9. The van der Waals surface area contributed by atoms with Crippen molar-refractivity contribution in [2.75, 3.05) is 13.7 Å². The van der Waals surface area contributed by atoms with Crippen LogP contribution in [-0.4, -0.2) is 32.2 Å². The summed E-state index contributed by atoms with van der Waals surface area (Å²) in [6.07, 6.45) is 0. The van der Waals surface area contributed by atoms with Crippen LogP contribution in [0.25, 0.3) is 0 Å². The molecular formula is C14H23BrN2O2S. The first-order valence-electron chi connectivity index (χ1n) is 6.61. The zero-order chi connectivity index (χ0) is 15.5. The van der Waals surface area contributed by atoms with Crippen molar-refractivity contribution in [2.45, 2.75) is 45.4 Å². The summed E-state index contributed by atoms with van der Waals surface area (Å²) in [5, 5.41) is 0. The van der Waals surface area contributed by atoms with Crippen LogP contribution in [0.4, 0.5) is 0 Å². The van der Waals surface area contributed by atoms with Crippen LogP contribution in [0.5, 0.6) is 5.75 Å². The second-order valence-corrected chi connectivity index (χ2v) is 8.44. The van der Waals surface area contributed by atoms with Crippen molar-refractivity contribution in [3.63, 3.8) is 0 Å². The normalized spacial score (nSPS) is 15.2. The highest BCUT2D eigenvalue weighted by Crippen LogP contribution is 2.31. The van der Waals surface area contributed by atoms with Gasteiger partial charge in [-0.05, 0) is 62.7 Å². The predicted octanol–water partition coefficient (Wildman–Crippen LogP) is 3.70. The molecule has 0 radical (unpaired) electrons. The maximum atomic E-state index is 12.6. The summed E-state index contributed by atoms with van der Waals surface area (Å²) in [6, 6.07) is 3.76. The molecule has 0 amide bonds. The summed E-state index contributed by atoms with van der Waals surface area (Å²) in [6.45, 7) is 10.7. The quantitative estimate of drug-likeness (QED) is 0.591. The van der Waals surface area contributed by atoms with Gasteiger partial charge in [-0.1, -0.05) is 0 Å². The van der Waals surface area contributed by atoms with Crippen LogP contribution in [0.3, 0.4) is 0 Å². The van der Waals surface area contributed by atoms with Gasteiger partial charge < -0.3 is 9.29 Å². The smallest absolute Gasteiger partial charge is 0.151 e. The van der Waals surface area contributed by atoms with Gasteiger partial charge in [0, 0.05) is 17.9 Å². The second kappa shape index (κ2) is 7.11. The van der Waals surface area contributed by atoms with E-state index in [0.29, 0.717) is 16.9 Å². The van der Waals surface area contributed by atoms with E-state index in [0.717, 1.165) is 5.69 Å². The number of halogens is 1. The van der Waals surface area contributed by atoms with Gasteiger partial charge in [0.1, 0.15) is 9.35 Å². The van der Waals surface area contributed by atoms with Crippen LogP contribution >= 0.6 is 15.9 Å². The van der Waals surface area contributed by atoms with Gasteiger partial charge in [-0.3, -0.25) is 0 Å². The zero-order valence-electron chi connectivity index (χ0n) is 12.9. The number of hydrogen-bond donors (Lipinski definition) is 0. The van der Waals surface area contributed by atoms with E-state index in [-0.39, 0.29) is 10.8 Å². The van der Waals surface area contributed by atoms with E-state index in [4.69, 9.17) is 4.74 Å². The van der Waals surface area contributed by atoms with Gasteiger partial charge in [-0.25, -0.2) is 4.98 Å². The SMILES string of the molecule is CCN([C@H](C)c1ccc(OC)c(Br)n1)[S@+]([O-])C(C)(C)C. The van der Waals surface area contributed by atoms with Crippen molar-refractivity contribution in [1.29, 1.82) is 0 Å². The highest BCUT2D eigenvalue weighted by Gasteiger charge is 2.36. The number of methoxy groups -OCH3 is 1. The van der Waals surface area contributed by atoms with Crippen LogP contribution in [0, 0.1) is 0 Å². The number of rotatable bonds is 5. The Morgan fingerprint density at radius 3 is 2.45 bits per heavy atom. The molecule has 0 aliphatic carbocycles. The molecule has 0 N–H and O–H groups in total. The summed E-state index contributed by atoms with van der Waals surface area (Å²) in [4.78, 5) is 4.49. The van der Waals surface area contributed by atoms with Crippen molar-refractivity contribution < 1.29 is 9.29 Å². The Labute approximate surface area is 133 Å². The van der Waals surface area contributed by atoms with Crippen molar-refractivity contribution in [3.8, 4) is 5.75 Å². The first-order valence-corrected chi connectivity index (χ1v) is 8.51. The lowest BCUT2D eigenvalue weighted by Gasteiger charge is -2.35. The van der Waals surface area contributed by atoms with E-state index < -0.39 is 11.4 Å². The van der Waals surface area contributed by atoms with E-state index in [2.05, 4.69) is 20.9 Å². The molecule has 20 heavy (non-hydrogen) atoms. The molecule has 0 fully saturated rings. The minimum atomic E-state index is -1.07. The Hall–Kier alpha value is -0.300. The second-order valence-electron chi connectivity index (χ2n) is 5.50. The number of pyridine rings is 1. The molecular weight excluding hydrogens is 340 g/mol. The first kappa shape index (κ1) is 17.8. The minimum Gasteiger partial charge on any atom is -0.597 e. The van der Waals surface area contributed by atoms with Gasteiger partial charge in [-0.15, -0.1) is 4.31 Å². The Morgan fingerprint density at radius 1 is 1.45 bits per heavy atom. The molecule has 0 spiro atoms. The van der Waals surface area contributed by atoms with Crippen molar-refractivity contribution in [2.24, 2.45) is 0 Å². The summed E-state index contributed by atoms with van der Waals surface area (Å²) in [7, 11) is 1.61. The van der Waals surface area contributed by atoms with Crippen LogP contribution < -0.4 is 4.74 Å². The molecule has 4 nitrogen and oxygen atoms in total. The van der Waals surface area contributed by atoms with Crippen molar-refractivity contribution in [3.05, 3.63) is 22.4 Å². The lowest BCUT2D eigenvalue weighted by Crippen LogP contribution is -2.44. The van der Waals surface area contributed by atoms with Crippen molar-refractivity contribution in [1.82, 2.24) is 9.29 Å². The maximum absolute atomic E-state index is 12.6. The number of ether oxygens (including phenoxy) is 1. The molecule has 2 atom stereocenters. The van der Waals surface area contributed by atoms with Gasteiger partial charge in [-0.2, -0.15) is 0 Å². The maximum Gasteiger partial charge on any atom is 0.151 e. The third-order valence-corrected chi connectivity index (χ3v) is 5.58. The lowest BCUT2D eigenvalue weighted by atomic mass is 10.2. The number of hydrogen-bond acceptors (Lipinski definition) is 4. The number of nitrogens with zero attached hydrogens (tertiary/aromatic N) is 2. The Bertz CT molecular complexity index is 451. The fourth-order valence-corrected chi connectivity index (χ4v) is 3.69. The molecule has 0 aliphatic heterocycles. The van der Waals surface area contributed by atoms with E-state index in [1.807, 2.05) is 51.1 Å². The molecule has 0 unspecified atom stereocenters. The van der Waals surface area contributed by atoms with Crippen LogP contribution in [-0.2, 0) is 11.4 Å². The summed E-state index contributed by atoms with van der Waals surface area (Å²) < 4.78 is 20.1. The zero-order valence-corrected chi connectivity index (χ0v) is 15.3. The molecule has 1 heterocycles. The lowest BCUT2D eigenvalue weighted by molar-refractivity contribution is 0.338. The van der Waals surface area contributed by atoms with E-state index in [9.17, 15) is 4.55 Å². The number of aromatic nitrogens is 1. The van der Waals surface area contributed by atoms with E-state index in [1.165, 1.54) is 0 Å². The molecule has 1 aromatic heterocycles. The van der Waals surface area contributed by atoms with Gasteiger partial charge in [0.2, 0.25) is 0 Å². The summed E-state index contributed by atoms with van der Waals surface area (Å²) >= 11 is 2.32. The highest BCUT2D eigenvalue weighted by molar-refractivity contribution is 9.10. The first-order chi connectivity index (χ1) is 9.22. The molecule has 114 valence electrons. The largest absolute Gasteiger partial charge is 0.597 e. The average Bonchev–Trinajstić information content (AvgIpc) is 2.38. The topological polar surface area (TPSA) is 48.4 Å². The molecule has 1 rings (SSSR count). The Balaban J connectivity index is 3.02. The van der Waals surface area contributed by atoms with Gasteiger partial charge >= 0.3 is 0 Å². The van der Waals surface area contributed by atoms with Crippen LogP contribution in [0.15, 0.2) is 16.7 Å². The third-order valence-electron chi connectivity index (χ3n) is 2.96. The fourth-order valence-electron chi connectivity index (χ4n) is 1.85. The molecule has 0 saturated carbocycles. The van der Waals surface area contributed by atoms with E-state index >= 15 is 0 Å². The van der Waals surface area contributed by atoms with Crippen LogP contribution in [0.1, 0.15) is 46.4 Å². The Kier molecular flexibility index (Phi) is 6.31. The fraction of sp³-hybridized carbons (Fsp3) is 0.643. The molecule has 0 bridgehead atoms. The predicted molar refractivity (Wildman–Crippen MR) is 87.2 cm³/mol. The summed E-state index contributed by atoms with van der Waals surface area (Å²) in [5.41, 5.74) is 0.872. The van der Waals surface area contributed by atoms with Crippen LogP contribution in [0.2, 0.25) is 0 Å². The third kappa shape index (κ3) is 4.10. The molecule has 6 heteroatoms. The molecule has 1 aromatic rings. The molecule has 0 aromatic carbocycles. The van der Waals surface area contributed by atoms with Gasteiger partial charge in [0.05, 0.1) is 18.8 Å². The monoisotopic (exact) mass is 362 g/mol. The van der Waals surface area contributed by atoms with E-state index in [1.54, 1.807) is 7.11 Å².